The number of nitrogens with zero attached hydrogens (tertiary/aromatic N) is 2. The van der Waals surface area contributed by atoms with E-state index in [1.807, 2.05) is 81.4 Å². The van der Waals surface area contributed by atoms with Crippen molar-refractivity contribution in [1.82, 2.24) is 10.2 Å². The smallest absolute Gasteiger partial charge is 0.264 e. The Morgan fingerprint density at radius 1 is 0.841 bits per heavy atom. The number of amides is 2. The van der Waals surface area contributed by atoms with Gasteiger partial charge in [-0.05, 0) is 72.9 Å². The van der Waals surface area contributed by atoms with Gasteiger partial charge >= 0.3 is 0 Å². The fraction of sp³-hybridized carbons (Fsp3) is 0.257. The van der Waals surface area contributed by atoms with Crippen LogP contribution in [-0.2, 0) is 32.6 Å². The van der Waals surface area contributed by atoms with Crippen LogP contribution in [0.25, 0.3) is 0 Å². The lowest BCUT2D eigenvalue weighted by Gasteiger charge is -2.34. The summed E-state index contributed by atoms with van der Waals surface area (Å²) in [6, 6.07) is 29.7. The minimum Gasteiger partial charge on any atom is -0.354 e. The van der Waals surface area contributed by atoms with Gasteiger partial charge in [0.2, 0.25) is 11.8 Å². The molecular formula is C35H38BrN3O4S. The summed E-state index contributed by atoms with van der Waals surface area (Å²) in [7, 11) is -4.14. The first kappa shape index (κ1) is 33.0. The number of carbonyl (C=O) groups is 2. The topological polar surface area (TPSA) is 86.8 Å². The molecule has 1 N–H and O–H groups in total. The van der Waals surface area contributed by atoms with Crippen molar-refractivity contribution in [3.63, 3.8) is 0 Å². The molecule has 0 aliphatic carbocycles. The Bertz CT molecular complexity index is 1680. The van der Waals surface area contributed by atoms with Crippen LogP contribution in [-0.4, -0.2) is 44.3 Å². The monoisotopic (exact) mass is 675 g/mol. The molecule has 1 atom stereocenters. The lowest BCUT2D eigenvalue weighted by molar-refractivity contribution is -0.140. The predicted octanol–water partition coefficient (Wildman–Crippen LogP) is 6.43. The molecule has 0 radical (unpaired) electrons. The Balaban J connectivity index is 1.82. The number of hydrogen-bond donors (Lipinski definition) is 1. The number of nitrogens with one attached hydrogen (secondary N) is 1. The number of sulfonamides is 1. The van der Waals surface area contributed by atoms with Crippen LogP contribution in [0.5, 0.6) is 0 Å². The summed E-state index contributed by atoms with van der Waals surface area (Å²) in [6.07, 6.45) is 1.00. The predicted molar refractivity (Wildman–Crippen MR) is 179 cm³/mol. The Hall–Kier alpha value is -3.95. The van der Waals surface area contributed by atoms with Crippen molar-refractivity contribution >= 4 is 43.5 Å². The van der Waals surface area contributed by atoms with E-state index in [4.69, 9.17) is 0 Å². The molecule has 0 aliphatic rings. The Morgan fingerprint density at radius 2 is 1.48 bits per heavy atom. The van der Waals surface area contributed by atoms with Gasteiger partial charge in [0.25, 0.3) is 10.0 Å². The van der Waals surface area contributed by atoms with E-state index in [9.17, 15) is 18.0 Å². The maximum absolute atomic E-state index is 14.5. The third kappa shape index (κ3) is 8.15. The average Bonchev–Trinajstić information content (AvgIpc) is 3.02. The molecule has 2 amide bonds. The summed E-state index contributed by atoms with van der Waals surface area (Å²) in [4.78, 5) is 29.9. The second kappa shape index (κ2) is 15.2. The Morgan fingerprint density at radius 3 is 2.14 bits per heavy atom. The summed E-state index contributed by atoms with van der Waals surface area (Å²) in [5, 5.41) is 2.97. The van der Waals surface area contributed by atoms with Gasteiger partial charge in [0.1, 0.15) is 12.6 Å². The molecular weight excluding hydrogens is 638 g/mol. The Labute approximate surface area is 269 Å². The first-order valence-electron chi connectivity index (χ1n) is 14.6. The second-order valence-corrected chi connectivity index (χ2v) is 13.5. The number of hydrogen-bond acceptors (Lipinski definition) is 4. The van der Waals surface area contributed by atoms with Crippen LogP contribution in [0.15, 0.2) is 112 Å². The lowest BCUT2D eigenvalue weighted by atomic mass is 10.0. The molecule has 44 heavy (non-hydrogen) atoms. The van der Waals surface area contributed by atoms with Crippen LogP contribution < -0.4 is 9.62 Å². The molecule has 4 rings (SSSR count). The van der Waals surface area contributed by atoms with E-state index in [2.05, 4.69) is 21.2 Å². The number of rotatable bonds is 13. The molecule has 0 saturated heterocycles. The maximum Gasteiger partial charge on any atom is 0.264 e. The Kier molecular flexibility index (Phi) is 11.4. The van der Waals surface area contributed by atoms with Crippen molar-refractivity contribution in [2.45, 2.75) is 51.1 Å². The van der Waals surface area contributed by atoms with Crippen molar-refractivity contribution in [3.8, 4) is 0 Å². The van der Waals surface area contributed by atoms with E-state index in [1.165, 1.54) is 21.3 Å². The van der Waals surface area contributed by atoms with Crippen molar-refractivity contribution in [3.05, 3.63) is 130 Å². The zero-order valence-corrected chi connectivity index (χ0v) is 27.6. The van der Waals surface area contributed by atoms with Gasteiger partial charge in [0.15, 0.2) is 0 Å². The molecule has 7 nitrogen and oxygen atoms in total. The summed E-state index contributed by atoms with van der Waals surface area (Å²) < 4.78 is 30.3. The van der Waals surface area contributed by atoms with Gasteiger partial charge in [-0.2, -0.15) is 0 Å². The standard InChI is InChI=1S/C35H38BrN3O4S/c1-4-21-37-35(41)33(23-28-14-7-5-8-15-28)38(24-29-16-12-17-30(36)22-29)34(40)25-39(32-20-11-13-26(2)27(32)3)44(42,43)31-18-9-6-10-19-31/h5-20,22,33H,4,21,23-25H2,1-3H3,(H,37,41)/t33-/m1/s1. The molecule has 0 heterocycles. The van der Waals surface area contributed by atoms with Crippen LogP contribution in [0.2, 0.25) is 0 Å². The van der Waals surface area contributed by atoms with Crippen molar-refractivity contribution < 1.29 is 18.0 Å². The van der Waals surface area contributed by atoms with E-state index in [0.717, 1.165) is 33.1 Å². The molecule has 0 spiro atoms. The molecule has 0 fully saturated rings. The molecule has 4 aromatic rings. The van der Waals surface area contributed by atoms with Crippen molar-refractivity contribution in [2.24, 2.45) is 0 Å². The van der Waals surface area contributed by atoms with E-state index >= 15 is 0 Å². The summed E-state index contributed by atoms with van der Waals surface area (Å²) in [5.74, 6) is -0.777. The second-order valence-electron chi connectivity index (χ2n) is 10.7. The van der Waals surface area contributed by atoms with Crippen LogP contribution in [0, 0.1) is 13.8 Å². The fourth-order valence-electron chi connectivity index (χ4n) is 4.99. The average molecular weight is 677 g/mol. The molecule has 9 heteroatoms. The highest BCUT2D eigenvalue weighted by molar-refractivity contribution is 9.10. The molecule has 230 valence electrons. The number of halogens is 1. The lowest BCUT2D eigenvalue weighted by Crippen LogP contribution is -2.53. The number of benzene rings is 4. The van der Waals surface area contributed by atoms with Crippen LogP contribution in [0.1, 0.15) is 35.6 Å². The molecule has 4 aromatic carbocycles. The highest BCUT2D eigenvalue weighted by Crippen LogP contribution is 2.29. The molecule has 0 aliphatic heterocycles. The highest BCUT2D eigenvalue weighted by Gasteiger charge is 2.35. The zero-order chi connectivity index (χ0) is 31.7. The molecule has 0 saturated carbocycles. The van der Waals surface area contributed by atoms with Gasteiger partial charge in [-0.25, -0.2) is 8.42 Å². The van der Waals surface area contributed by atoms with Gasteiger partial charge in [-0.1, -0.05) is 95.7 Å². The summed E-state index contributed by atoms with van der Waals surface area (Å²) in [6.45, 7) is 5.80. The molecule has 0 aromatic heterocycles. The van der Waals surface area contributed by atoms with Gasteiger partial charge in [0, 0.05) is 24.0 Å². The normalized spacial score (nSPS) is 11.9. The largest absolute Gasteiger partial charge is 0.354 e. The van der Waals surface area contributed by atoms with E-state index in [0.29, 0.717) is 12.2 Å². The summed E-state index contributed by atoms with van der Waals surface area (Å²) in [5.41, 5.74) is 3.76. The quantitative estimate of drug-likeness (QED) is 0.177. The number of anilines is 1. The summed E-state index contributed by atoms with van der Waals surface area (Å²) >= 11 is 3.51. The molecule has 0 unspecified atom stereocenters. The van der Waals surface area contributed by atoms with E-state index < -0.39 is 28.5 Å². The third-order valence-corrected chi connectivity index (χ3v) is 9.78. The SMILES string of the molecule is CCCNC(=O)[C@@H](Cc1ccccc1)N(Cc1cccc(Br)c1)C(=O)CN(c1cccc(C)c1C)S(=O)(=O)c1ccccc1. The first-order valence-corrected chi connectivity index (χ1v) is 16.8. The van der Waals surface area contributed by atoms with Crippen molar-refractivity contribution in [2.75, 3.05) is 17.4 Å². The van der Waals surface area contributed by atoms with E-state index in [-0.39, 0.29) is 23.8 Å². The fourth-order valence-corrected chi connectivity index (χ4v) is 6.93. The first-order chi connectivity index (χ1) is 21.1. The zero-order valence-electron chi connectivity index (χ0n) is 25.2. The highest BCUT2D eigenvalue weighted by atomic mass is 79.9. The van der Waals surface area contributed by atoms with Crippen LogP contribution in [0.3, 0.4) is 0 Å². The minimum absolute atomic E-state index is 0.0776. The van der Waals surface area contributed by atoms with Gasteiger partial charge in [0.05, 0.1) is 10.6 Å². The maximum atomic E-state index is 14.5. The third-order valence-electron chi connectivity index (χ3n) is 7.52. The van der Waals surface area contributed by atoms with E-state index in [1.54, 1.807) is 30.3 Å². The number of aryl methyl sites for hydroxylation is 1. The van der Waals surface area contributed by atoms with Crippen LogP contribution >= 0.6 is 15.9 Å². The molecule has 0 bridgehead atoms. The van der Waals surface area contributed by atoms with Crippen molar-refractivity contribution in [1.29, 1.82) is 0 Å². The van der Waals surface area contributed by atoms with Crippen LogP contribution in [0.4, 0.5) is 5.69 Å². The minimum atomic E-state index is -4.14. The number of carbonyl (C=O) groups excluding carboxylic acids is 2. The van der Waals surface area contributed by atoms with Gasteiger partial charge in [-0.3, -0.25) is 13.9 Å². The van der Waals surface area contributed by atoms with Gasteiger partial charge in [-0.15, -0.1) is 0 Å². The van der Waals surface area contributed by atoms with Gasteiger partial charge < -0.3 is 10.2 Å².